The van der Waals surface area contributed by atoms with Gasteiger partial charge in [0.05, 0.1) is 11.5 Å². The molecule has 1 saturated heterocycles. The van der Waals surface area contributed by atoms with E-state index in [0.717, 1.165) is 46.8 Å². The van der Waals surface area contributed by atoms with Gasteiger partial charge in [0.25, 0.3) is 5.91 Å². The maximum absolute atomic E-state index is 13.1. The monoisotopic (exact) mass is 333 g/mol. The smallest absolute Gasteiger partial charge is 0.263 e. The number of halogens is 1. The van der Waals surface area contributed by atoms with E-state index >= 15 is 0 Å². The first-order valence-electron chi connectivity index (χ1n) is 7.86. The van der Waals surface area contributed by atoms with Gasteiger partial charge in [-0.3, -0.25) is 4.79 Å². The minimum absolute atomic E-state index is 0.0976. The molecule has 1 aromatic carbocycles. The van der Waals surface area contributed by atoms with Crippen LogP contribution in [0.2, 0.25) is 0 Å². The van der Waals surface area contributed by atoms with Gasteiger partial charge in [0.15, 0.2) is 0 Å². The highest BCUT2D eigenvalue weighted by Gasteiger charge is 2.22. The van der Waals surface area contributed by atoms with Crippen LogP contribution in [-0.2, 0) is 11.3 Å². The Hall–Kier alpha value is -1.72. The number of rotatable bonds is 4. The minimum atomic E-state index is -0.261. The molecule has 0 aliphatic carbocycles. The summed E-state index contributed by atoms with van der Waals surface area (Å²) in [4.78, 5) is 16.3. The van der Waals surface area contributed by atoms with E-state index in [0.29, 0.717) is 6.61 Å². The standard InChI is InChI=1S/C18H20FNO2S/c1-22-12-14-11-16(18(21)20-9-3-2-4-10-20)23-17(14)13-5-7-15(19)8-6-13/h5-8,11H,2-4,9-10,12H2,1H3. The van der Waals surface area contributed by atoms with Gasteiger partial charge in [0.1, 0.15) is 5.82 Å². The summed E-state index contributed by atoms with van der Waals surface area (Å²) in [5.41, 5.74) is 1.89. The highest BCUT2D eigenvalue weighted by Crippen LogP contribution is 2.34. The van der Waals surface area contributed by atoms with Crippen LogP contribution < -0.4 is 0 Å². The molecule has 3 nitrogen and oxygen atoms in total. The Balaban J connectivity index is 1.91. The van der Waals surface area contributed by atoms with Crippen LogP contribution in [0, 0.1) is 5.82 Å². The Labute approximate surface area is 139 Å². The van der Waals surface area contributed by atoms with E-state index in [-0.39, 0.29) is 11.7 Å². The van der Waals surface area contributed by atoms with E-state index in [1.807, 2.05) is 11.0 Å². The van der Waals surface area contributed by atoms with Crippen molar-refractivity contribution in [2.45, 2.75) is 25.9 Å². The molecule has 2 aromatic rings. The minimum Gasteiger partial charge on any atom is -0.380 e. The van der Waals surface area contributed by atoms with Crippen molar-refractivity contribution < 1.29 is 13.9 Å². The van der Waals surface area contributed by atoms with Gasteiger partial charge < -0.3 is 9.64 Å². The summed E-state index contributed by atoms with van der Waals surface area (Å²) in [5, 5.41) is 0. The molecule has 0 saturated carbocycles. The van der Waals surface area contributed by atoms with Gasteiger partial charge in [0, 0.05) is 25.1 Å². The highest BCUT2D eigenvalue weighted by atomic mass is 32.1. The third kappa shape index (κ3) is 3.62. The second kappa shape index (κ2) is 7.23. The number of methoxy groups -OCH3 is 1. The fraction of sp³-hybridized carbons (Fsp3) is 0.389. The van der Waals surface area contributed by atoms with E-state index in [1.165, 1.54) is 29.9 Å². The normalized spacial score (nSPS) is 15.0. The number of carbonyl (C=O) groups excluding carboxylic acids is 1. The maximum Gasteiger partial charge on any atom is 0.263 e. The molecular weight excluding hydrogens is 313 g/mol. The predicted octanol–water partition coefficient (Wildman–Crippen LogP) is 4.33. The lowest BCUT2D eigenvalue weighted by Crippen LogP contribution is -2.35. The van der Waals surface area contributed by atoms with Crippen LogP contribution in [0.4, 0.5) is 4.39 Å². The molecule has 23 heavy (non-hydrogen) atoms. The van der Waals surface area contributed by atoms with Gasteiger partial charge in [-0.2, -0.15) is 0 Å². The first-order chi connectivity index (χ1) is 11.2. The van der Waals surface area contributed by atoms with E-state index < -0.39 is 0 Å². The largest absolute Gasteiger partial charge is 0.380 e. The van der Waals surface area contributed by atoms with E-state index in [1.54, 1.807) is 19.2 Å². The van der Waals surface area contributed by atoms with Crippen LogP contribution in [-0.4, -0.2) is 31.0 Å². The van der Waals surface area contributed by atoms with Crippen LogP contribution >= 0.6 is 11.3 Å². The lowest BCUT2D eigenvalue weighted by atomic mass is 10.1. The molecule has 0 bridgehead atoms. The van der Waals surface area contributed by atoms with Gasteiger partial charge >= 0.3 is 0 Å². The first-order valence-corrected chi connectivity index (χ1v) is 8.67. The number of hydrogen-bond acceptors (Lipinski definition) is 3. The first kappa shape index (κ1) is 16.1. The van der Waals surface area contributed by atoms with Crippen molar-refractivity contribution in [1.29, 1.82) is 0 Å². The van der Waals surface area contributed by atoms with Gasteiger partial charge in [-0.05, 0) is 48.6 Å². The van der Waals surface area contributed by atoms with Crippen molar-refractivity contribution >= 4 is 17.2 Å². The molecule has 5 heteroatoms. The molecular formula is C18H20FNO2S. The summed E-state index contributed by atoms with van der Waals surface area (Å²) in [6.07, 6.45) is 3.35. The van der Waals surface area contributed by atoms with Crippen LogP contribution in [0.1, 0.15) is 34.5 Å². The number of ether oxygens (including phenoxy) is 1. The SMILES string of the molecule is COCc1cc(C(=O)N2CCCCC2)sc1-c1ccc(F)cc1. The lowest BCUT2D eigenvalue weighted by Gasteiger charge is -2.26. The summed E-state index contributed by atoms with van der Waals surface area (Å²) in [5.74, 6) is -0.163. The average Bonchev–Trinajstić information content (AvgIpc) is 3.00. The van der Waals surface area contributed by atoms with Crippen molar-refractivity contribution in [2.24, 2.45) is 0 Å². The molecule has 1 aromatic heterocycles. The molecule has 122 valence electrons. The fourth-order valence-electron chi connectivity index (χ4n) is 2.90. The number of thiophene rings is 1. The topological polar surface area (TPSA) is 29.5 Å². The van der Waals surface area contributed by atoms with E-state index in [2.05, 4.69) is 0 Å². The van der Waals surface area contributed by atoms with Gasteiger partial charge in [-0.1, -0.05) is 12.1 Å². The summed E-state index contributed by atoms with van der Waals surface area (Å²) < 4.78 is 18.4. The van der Waals surface area contributed by atoms with E-state index in [4.69, 9.17) is 4.74 Å². The molecule has 1 aliphatic heterocycles. The van der Waals surface area contributed by atoms with Crippen molar-refractivity contribution in [3.05, 3.63) is 46.6 Å². The third-order valence-corrected chi connectivity index (χ3v) is 5.28. The molecule has 0 radical (unpaired) electrons. The van der Waals surface area contributed by atoms with Gasteiger partial charge in [0.2, 0.25) is 0 Å². The molecule has 1 fully saturated rings. The van der Waals surface area contributed by atoms with Crippen LogP contribution in [0.3, 0.4) is 0 Å². The van der Waals surface area contributed by atoms with Crippen LogP contribution in [0.15, 0.2) is 30.3 Å². The molecule has 0 unspecified atom stereocenters. The zero-order valence-electron chi connectivity index (χ0n) is 13.2. The van der Waals surface area contributed by atoms with Gasteiger partial charge in [-0.15, -0.1) is 11.3 Å². The number of likely N-dealkylation sites (tertiary alicyclic amines) is 1. The van der Waals surface area contributed by atoms with Crippen molar-refractivity contribution in [3.63, 3.8) is 0 Å². The molecule has 3 rings (SSSR count). The van der Waals surface area contributed by atoms with Crippen molar-refractivity contribution in [2.75, 3.05) is 20.2 Å². The Bertz CT molecular complexity index is 675. The van der Waals surface area contributed by atoms with Gasteiger partial charge in [-0.25, -0.2) is 4.39 Å². The van der Waals surface area contributed by atoms with E-state index in [9.17, 15) is 9.18 Å². The van der Waals surface area contributed by atoms with Crippen LogP contribution in [0.25, 0.3) is 10.4 Å². The molecule has 0 atom stereocenters. The maximum atomic E-state index is 13.1. The third-order valence-electron chi connectivity index (χ3n) is 4.07. The molecule has 1 aliphatic rings. The number of nitrogens with zero attached hydrogens (tertiary/aromatic N) is 1. The lowest BCUT2D eigenvalue weighted by molar-refractivity contribution is 0.0729. The second-order valence-electron chi connectivity index (χ2n) is 5.76. The fourth-order valence-corrected chi connectivity index (χ4v) is 4.04. The molecule has 2 heterocycles. The Morgan fingerprint density at radius 2 is 1.91 bits per heavy atom. The van der Waals surface area contributed by atoms with Crippen molar-refractivity contribution in [1.82, 2.24) is 4.90 Å². The molecule has 0 N–H and O–H groups in total. The van der Waals surface area contributed by atoms with Crippen LogP contribution in [0.5, 0.6) is 0 Å². The zero-order chi connectivity index (χ0) is 16.2. The zero-order valence-corrected chi connectivity index (χ0v) is 14.0. The number of piperidine rings is 1. The summed E-state index contributed by atoms with van der Waals surface area (Å²) >= 11 is 1.47. The number of benzene rings is 1. The molecule has 1 amide bonds. The Morgan fingerprint density at radius 1 is 1.22 bits per heavy atom. The Kier molecular flexibility index (Phi) is 5.08. The summed E-state index contributed by atoms with van der Waals surface area (Å²) in [6.45, 7) is 2.11. The Morgan fingerprint density at radius 3 is 2.57 bits per heavy atom. The predicted molar refractivity (Wildman–Crippen MR) is 90.2 cm³/mol. The summed E-state index contributed by atoms with van der Waals surface area (Å²) in [6, 6.07) is 8.30. The number of hydrogen-bond donors (Lipinski definition) is 0. The molecule has 0 spiro atoms. The number of amides is 1. The number of carbonyl (C=O) groups is 1. The summed E-state index contributed by atoms with van der Waals surface area (Å²) in [7, 11) is 1.64. The average molecular weight is 333 g/mol. The quantitative estimate of drug-likeness (QED) is 0.833. The van der Waals surface area contributed by atoms with Crippen molar-refractivity contribution in [3.8, 4) is 10.4 Å². The second-order valence-corrected chi connectivity index (χ2v) is 6.81. The highest BCUT2D eigenvalue weighted by molar-refractivity contribution is 7.17.